The van der Waals surface area contributed by atoms with Gasteiger partial charge in [0.05, 0.1) is 11.7 Å². The van der Waals surface area contributed by atoms with E-state index in [4.69, 9.17) is 0 Å². The number of nitrogens with one attached hydrogen (secondary N) is 2. The maximum Gasteiger partial charge on any atom is 0.416 e. The molecule has 2 N–H and O–H groups in total. The van der Waals surface area contributed by atoms with Crippen molar-refractivity contribution in [2.24, 2.45) is 0 Å². The molecule has 1 fully saturated rings. The van der Waals surface area contributed by atoms with Crippen molar-refractivity contribution in [3.05, 3.63) is 35.4 Å². The minimum atomic E-state index is -4.25. The average molecular weight is 258 g/mol. The fraction of sp³-hybridized carbons (Fsp3) is 0.538. The van der Waals surface area contributed by atoms with Gasteiger partial charge >= 0.3 is 6.18 Å². The third kappa shape index (κ3) is 3.71. The van der Waals surface area contributed by atoms with Gasteiger partial charge in [0.2, 0.25) is 0 Å². The predicted molar refractivity (Wildman–Crippen MR) is 64.2 cm³/mol. The van der Waals surface area contributed by atoms with Crippen molar-refractivity contribution in [1.29, 1.82) is 0 Å². The van der Waals surface area contributed by atoms with Crippen LogP contribution in [-0.4, -0.2) is 19.3 Å². The van der Waals surface area contributed by atoms with Gasteiger partial charge in [0.15, 0.2) is 0 Å². The van der Waals surface area contributed by atoms with Crippen LogP contribution in [0.15, 0.2) is 24.3 Å². The first-order valence-corrected chi connectivity index (χ1v) is 6.18. The lowest BCUT2D eigenvalue weighted by molar-refractivity contribution is -0.137. The number of hydrogen-bond acceptors (Lipinski definition) is 2. The number of alkyl halides is 3. The molecular weight excluding hydrogens is 241 g/mol. The zero-order valence-electron chi connectivity index (χ0n) is 10.1. The first kappa shape index (κ1) is 13.4. The molecule has 1 aromatic carbocycles. The highest BCUT2D eigenvalue weighted by Crippen LogP contribution is 2.29. The average Bonchev–Trinajstić information content (AvgIpc) is 2.82. The third-order valence-corrected chi connectivity index (χ3v) is 3.15. The zero-order chi connectivity index (χ0) is 13.0. The van der Waals surface area contributed by atoms with Gasteiger partial charge in [-0.25, -0.2) is 0 Å². The van der Waals surface area contributed by atoms with Crippen LogP contribution >= 0.6 is 0 Å². The Morgan fingerprint density at radius 2 is 1.94 bits per heavy atom. The summed E-state index contributed by atoms with van der Waals surface area (Å²) in [5, 5.41) is 6.65. The molecule has 5 heteroatoms. The smallest absolute Gasteiger partial charge is 0.302 e. The Morgan fingerprint density at radius 1 is 1.22 bits per heavy atom. The van der Waals surface area contributed by atoms with Gasteiger partial charge in [-0.1, -0.05) is 12.1 Å². The molecule has 18 heavy (non-hydrogen) atoms. The minimum Gasteiger partial charge on any atom is -0.302 e. The molecule has 0 saturated carbocycles. The molecule has 0 aliphatic carbocycles. The summed E-state index contributed by atoms with van der Waals surface area (Å²) in [7, 11) is 0. The van der Waals surface area contributed by atoms with Gasteiger partial charge in [0.1, 0.15) is 0 Å². The third-order valence-electron chi connectivity index (χ3n) is 3.15. The first-order chi connectivity index (χ1) is 8.55. The highest BCUT2D eigenvalue weighted by atomic mass is 19.4. The van der Waals surface area contributed by atoms with Gasteiger partial charge < -0.3 is 10.6 Å². The van der Waals surface area contributed by atoms with Crippen LogP contribution in [0.3, 0.4) is 0 Å². The standard InChI is InChI=1S/C13H17F3N2/c14-13(15,16)11-5-3-10(4-6-11)7-9-18-12-2-1-8-17-12/h3-6,12,17-18H,1-2,7-9H2. The van der Waals surface area contributed by atoms with Crippen molar-refractivity contribution >= 4 is 0 Å². The molecule has 0 bridgehead atoms. The second-order valence-corrected chi connectivity index (χ2v) is 4.55. The van der Waals surface area contributed by atoms with Crippen molar-refractivity contribution < 1.29 is 13.2 Å². The van der Waals surface area contributed by atoms with Crippen LogP contribution < -0.4 is 10.6 Å². The van der Waals surface area contributed by atoms with Gasteiger partial charge in [-0.2, -0.15) is 13.2 Å². The fourth-order valence-electron chi connectivity index (χ4n) is 2.11. The van der Waals surface area contributed by atoms with E-state index in [-0.39, 0.29) is 0 Å². The molecule has 1 atom stereocenters. The molecule has 0 amide bonds. The zero-order valence-corrected chi connectivity index (χ0v) is 10.1. The van der Waals surface area contributed by atoms with E-state index in [0.29, 0.717) is 6.17 Å². The monoisotopic (exact) mass is 258 g/mol. The summed E-state index contributed by atoms with van der Waals surface area (Å²) in [5.41, 5.74) is 0.338. The van der Waals surface area contributed by atoms with Crippen LogP contribution in [0.4, 0.5) is 13.2 Å². The Morgan fingerprint density at radius 3 is 2.50 bits per heavy atom. The van der Waals surface area contributed by atoms with Gasteiger partial charge in [0, 0.05) is 6.54 Å². The molecule has 1 heterocycles. The maximum absolute atomic E-state index is 12.4. The van der Waals surface area contributed by atoms with Crippen LogP contribution in [0, 0.1) is 0 Å². The van der Waals surface area contributed by atoms with E-state index in [1.54, 1.807) is 12.1 Å². The Kier molecular flexibility index (Phi) is 4.24. The Hall–Kier alpha value is -1.07. The summed E-state index contributed by atoms with van der Waals surface area (Å²) < 4.78 is 37.1. The molecule has 2 rings (SSSR count). The molecule has 0 aromatic heterocycles. The largest absolute Gasteiger partial charge is 0.416 e. The molecule has 1 saturated heterocycles. The number of hydrogen-bond donors (Lipinski definition) is 2. The van der Waals surface area contributed by atoms with E-state index in [9.17, 15) is 13.2 Å². The highest BCUT2D eigenvalue weighted by molar-refractivity contribution is 5.24. The lowest BCUT2D eigenvalue weighted by Crippen LogP contribution is -2.38. The lowest BCUT2D eigenvalue weighted by Gasteiger charge is -2.12. The Balaban J connectivity index is 1.79. The Labute approximate surface area is 105 Å². The minimum absolute atomic E-state index is 0.361. The molecule has 0 radical (unpaired) electrons. The highest BCUT2D eigenvalue weighted by Gasteiger charge is 2.29. The number of halogens is 3. The van der Waals surface area contributed by atoms with Gasteiger partial charge in [-0.15, -0.1) is 0 Å². The normalized spacial score (nSPS) is 20.3. The summed E-state index contributed by atoms with van der Waals surface area (Å²) in [4.78, 5) is 0. The second kappa shape index (κ2) is 5.71. The van der Waals surface area contributed by atoms with Crippen LogP contribution in [0.25, 0.3) is 0 Å². The van der Waals surface area contributed by atoms with Gasteiger partial charge in [-0.3, -0.25) is 0 Å². The van der Waals surface area contributed by atoms with Crippen molar-refractivity contribution in [2.45, 2.75) is 31.6 Å². The van der Waals surface area contributed by atoms with E-state index in [1.807, 2.05) is 0 Å². The van der Waals surface area contributed by atoms with Crippen LogP contribution in [0.5, 0.6) is 0 Å². The van der Waals surface area contributed by atoms with Crippen LogP contribution in [0.1, 0.15) is 24.0 Å². The number of benzene rings is 1. The van der Waals surface area contributed by atoms with E-state index >= 15 is 0 Å². The molecule has 1 aliphatic heterocycles. The molecule has 1 unspecified atom stereocenters. The summed E-state index contributed by atoms with van der Waals surface area (Å²) in [5.74, 6) is 0. The SMILES string of the molecule is FC(F)(F)c1ccc(CCNC2CCCN2)cc1. The second-order valence-electron chi connectivity index (χ2n) is 4.55. The van der Waals surface area contributed by atoms with Crippen molar-refractivity contribution in [1.82, 2.24) is 10.6 Å². The topological polar surface area (TPSA) is 24.1 Å². The van der Waals surface area contributed by atoms with Crippen molar-refractivity contribution in [2.75, 3.05) is 13.1 Å². The van der Waals surface area contributed by atoms with E-state index in [1.165, 1.54) is 6.42 Å². The molecule has 1 aromatic rings. The summed E-state index contributed by atoms with van der Waals surface area (Å²) in [6.07, 6.45) is -0.842. The summed E-state index contributed by atoms with van der Waals surface area (Å²) in [6.45, 7) is 1.82. The quantitative estimate of drug-likeness (QED) is 0.867. The van der Waals surface area contributed by atoms with Crippen molar-refractivity contribution in [3.63, 3.8) is 0 Å². The lowest BCUT2D eigenvalue weighted by atomic mass is 10.1. The molecule has 100 valence electrons. The van der Waals surface area contributed by atoms with Gasteiger partial charge in [0.25, 0.3) is 0 Å². The summed E-state index contributed by atoms with van der Waals surface area (Å²) in [6, 6.07) is 5.38. The Bertz CT molecular complexity index is 367. The van der Waals surface area contributed by atoms with Crippen molar-refractivity contribution in [3.8, 4) is 0 Å². The van der Waals surface area contributed by atoms with Crippen LogP contribution in [0.2, 0.25) is 0 Å². The first-order valence-electron chi connectivity index (χ1n) is 6.18. The fourth-order valence-corrected chi connectivity index (χ4v) is 2.11. The van der Waals surface area contributed by atoms with Crippen LogP contribution in [-0.2, 0) is 12.6 Å². The van der Waals surface area contributed by atoms with E-state index < -0.39 is 11.7 Å². The maximum atomic E-state index is 12.4. The van der Waals surface area contributed by atoms with E-state index in [2.05, 4.69) is 10.6 Å². The molecule has 2 nitrogen and oxygen atoms in total. The molecule has 1 aliphatic rings. The number of rotatable bonds is 4. The molecular formula is C13H17F3N2. The summed E-state index contributed by atoms with van der Waals surface area (Å²) >= 11 is 0. The molecule has 0 spiro atoms. The van der Waals surface area contributed by atoms with Gasteiger partial charge in [-0.05, 0) is 43.5 Å². The van der Waals surface area contributed by atoms with E-state index in [0.717, 1.165) is 43.6 Å². The predicted octanol–water partition coefficient (Wildman–Crippen LogP) is 2.55.